The van der Waals surface area contributed by atoms with Crippen LogP contribution in [-0.4, -0.2) is 11.2 Å². The molecule has 0 bridgehead atoms. The summed E-state index contributed by atoms with van der Waals surface area (Å²) in [4.78, 5) is 0. The van der Waals surface area contributed by atoms with Crippen LogP contribution in [0, 0.1) is 23.2 Å². The van der Waals surface area contributed by atoms with E-state index in [4.69, 9.17) is 0 Å². The van der Waals surface area contributed by atoms with Gasteiger partial charge >= 0.3 is 0 Å². The summed E-state index contributed by atoms with van der Waals surface area (Å²) in [5.41, 5.74) is 0.405. The van der Waals surface area contributed by atoms with Crippen LogP contribution in [0.25, 0.3) is 0 Å². The molecule has 0 spiro atoms. The molecule has 1 fully saturated rings. The van der Waals surface area contributed by atoms with Crippen molar-refractivity contribution in [1.82, 2.24) is 0 Å². The Morgan fingerprint density at radius 3 is 1.69 bits per heavy atom. The topological polar surface area (TPSA) is 20.2 Å². The molecular weight excluding hydrogens is 160 g/mol. The Morgan fingerprint density at radius 1 is 1.00 bits per heavy atom. The second-order valence-corrected chi connectivity index (χ2v) is 5.98. The third kappa shape index (κ3) is 2.46. The molecule has 1 aliphatic rings. The van der Waals surface area contributed by atoms with E-state index in [1.54, 1.807) is 0 Å². The Balaban J connectivity index is 2.64. The molecule has 1 N–H and O–H groups in total. The molecule has 0 amide bonds. The van der Waals surface area contributed by atoms with Gasteiger partial charge in [0, 0.05) is 0 Å². The molecule has 1 nitrogen and oxygen atoms in total. The van der Waals surface area contributed by atoms with Crippen LogP contribution in [0.2, 0.25) is 0 Å². The van der Waals surface area contributed by atoms with Gasteiger partial charge in [-0.2, -0.15) is 0 Å². The van der Waals surface area contributed by atoms with E-state index in [0.29, 0.717) is 17.3 Å². The van der Waals surface area contributed by atoms with Crippen molar-refractivity contribution in [3.63, 3.8) is 0 Å². The van der Waals surface area contributed by atoms with E-state index in [1.165, 1.54) is 12.8 Å². The van der Waals surface area contributed by atoms with Crippen LogP contribution >= 0.6 is 0 Å². The van der Waals surface area contributed by atoms with E-state index in [0.717, 1.165) is 5.92 Å². The zero-order valence-electron chi connectivity index (χ0n) is 9.67. The molecule has 0 aromatic rings. The van der Waals surface area contributed by atoms with Gasteiger partial charge in [-0.25, -0.2) is 0 Å². The zero-order valence-corrected chi connectivity index (χ0v) is 9.67. The number of aliphatic hydroxyl groups excluding tert-OH is 1. The average molecular weight is 184 g/mol. The highest BCUT2D eigenvalue weighted by molar-refractivity contribution is 4.87. The Bertz CT molecular complexity index is 156. The zero-order chi connectivity index (χ0) is 10.2. The molecular formula is C12H24O. The third-order valence-electron chi connectivity index (χ3n) is 3.70. The average Bonchev–Trinajstić information content (AvgIpc) is 1.97. The molecule has 1 heteroatoms. The summed E-state index contributed by atoms with van der Waals surface area (Å²) in [6.07, 6.45) is 2.31. The van der Waals surface area contributed by atoms with E-state index >= 15 is 0 Å². The van der Waals surface area contributed by atoms with Crippen molar-refractivity contribution in [3.8, 4) is 0 Å². The number of hydrogen-bond donors (Lipinski definition) is 1. The second kappa shape index (κ2) is 3.61. The van der Waals surface area contributed by atoms with Crippen molar-refractivity contribution in [2.45, 2.75) is 53.6 Å². The van der Waals surface area contributed by atoms with Crippen LogP contribution in [0.5, 0.6) is 0 Å². The molecule has 0 aromatic carbocycles. The Kier molecular flexibility index (Phi) is 3.06. The minimum atomic E-state index is -0.0707. The van der Waals surface area contributed by atoms with Gasteiger partial charge in [0.05, 0.1) is 6.10 Å². The maximum Gasteiger partial charge on any atom is 0.0591 e. The summed E-state index contributed by atoms with van der Waals surface area (Å²) >= 11 is 0. The summed E-state index contributed by atoms with van der Waals surface area (Å²) in [5.74, 6) is 1.74. The fourth-order valence-electron chi connectivity index (χ4n) is 2.54. The predicted octanol–water partition coefficient (Wildman–Crippen LogP) is 3.08. The molecule has 0 aliphatic heterocycles. The molecule has 0 saturated heterocycles. The maximum absolute atomic E-state index is 9.83. The van der Waals surface area contributed by atoms with Gasteiger partial charge in [-0.1, -0.05) is 34.6 Å². The highest BCUT2D eigenvalue weighted by Crippen LogP contribution is 2.42. The molecule has 2 atom stereocenters. The molecule has 0 heterocycles. The Labute approximate surface area is 82.5 Å². The fraction of sp³-hybridized carbons (Fsp3) is 1.00. The molecule has 2 unspecified atom stereocenters. The van der Waals surface area contributed by atoms with E-state index in [2.05, 4.69) is 34.6 Å². The first-order valence-corrected chi connectivity index (χ1v) is 5.50. The lowest BCUT2D eigenvalue weighted by molar-refractivity contribution is -0.0140. The SMILES string of the molecule is CC1CC(C(C)(C)C)CC(C)C1O. The molecule has 0 aromatic heterocycles. The summed E-state index contributed by atoms with van der Waals surface area (Å²) in [6.45, 7) is 11.3. The first kappa shape index (κ1) is 11.0. The summed E-state index contributed by atoms with van der Waals surface area (Å²) < 4.78 is 0. The van der Waals surface area contributed by atoms with Crippen molar-refractivity contribution in [2.24, 2.45) is 23.2 Å². The van der Waals surface area contributed by atoms with E-state index < -0.39 is 0 Å². The van der Waals surface area contributed by atoms with Crippen LogP contribution in [0.15, 0.2) is 0 Å². The molecule has 13 heavy (non-hydrogen) atoms. The van der Waals surface area contributed by atoms with Crippen molar-refractivity contribution >= 4 is 0 Å². The van der Waals surface area contributed by atoms with Gasteiger partial charge in [-0.05, 0) is 36.0 Å². The minimum Gasteiger partial charge on any atom is -0.393 e. The summed E-state index contributed by atoms with van der Waals surface area (Å²) in [6, 6.07) is 0. The van der Waals surface area contributed by atoms with E-state index in [9.17, 15) is 5.11 Å². The van der Waals surface area contributed by atoms with Crippen molar-refractivity contribution in [1.29, 1.82) is 0 Å². The lowest BCUT2D eigenvalue weighted by atomic mass is 9.65. The normalized spacial score (nSPS) is 42.0. The van der Waals surface area contributed by atoms with Gasteiger partial charge in [-0.15, -0.1) is 0 Å². The lowest BCUT2D eigenvalue weighted by Gasteiger charge is -2.42. The smallest absolute Gasteiger partial charge is 0.0591 e. The minimum absolute atomic E-state index is 0.0707. The van der Waals surface area contributed by atoms with Crippen molar-refractivity contribution in [2.75, 3.05) is 0 Å². The van der Waals surface area contributed by atoms with E-state index in [-0.39, 0.29) is 6.10 Å². The number of aliphatic hydroxyl groups is 1. The van der Waals surface area contributed by atoms with Crippen LogP contribution in [0.3, 0.4) is 0 Å². The fourth-order valence-corrected chi connectivity index (χ4v) is 2.54. The summed E-state index contributed by atoms with van der Waals surface area (Å²) in [7, 11) is 0. The maximum atomic E-state index is 9.83. The van der Waals surface area contributed by atoms with Crippen LogP contribution in [0.1, 0.15) is 47.5 Å². The van der Waals surface area contributed by atoms with Crippen LogP contribution in [0.4, 0.5) is 0 Å². The van der Waals surface area contributed by atoms with Crippen LogP contribution in [-0.2, 0) is 0 Å². The lowest BCUT2D eigenvalue weighted by Crippen LogP contribution is -2.38. The Morgan fingerprint density at radius 2 is 1.38 bits per heavy atom. The van der Waals surface area contributed by atoms with E-state index in [1.807, 2.05) is 0 Å². The standard InChI is InChI=1S/C12H24O/c1-8-6-10(12(3,4)5)7-9(2)11(8)13/h8-11,13H,6-7H2,1-5H3. The molecule has 78 valence electrons. The van der Waals surface area contributed by atoms with Gasteiger partial charge in [-0.3, -0.25) is 0 Å². The molecule has 1 rings (SSSR count). The van der Waals surface area contributed by atoms with Crippen LogP contribution < -0.4 is 0 Å². The Hall–Kier alpha value is -0.0400. The van der Waals surface area contributed by atoms with Gasteiger partial charge in [0.25, 0.3) is 0 Å². The largest absolute Gasteiger partial charge is 0.393 e. The first-order chi connectivity index (χ1) is 5.82. The number of rotatable bonds is 0. The monoisotopic (exact) mass is 184 g/mol. The van der Waals surface area contributed by atoms with Crippen molar-refractivity contribution < 1.29 is 5.11 Å². The highest BCUT2D eigenvalue weighted by Gasteiger charge is 2.36. The second-order valence-electron chi connectivity index (χ2n) is 5.98. The third-order valence-corrected chi connectivity index (χ3v) is 3.70. The highest BCUT2D eigenvalue weighted by atomic mass is 16.3. The molecule has 1 saturated carbocycles. The van der Waals surface area contributed by atoms with Gasteiger partial charge in [0.15, 0.2) is 0 Å². The van der Waals surface area contributed by atoms with Crippen molar-refractivity contribution in [3.05, 3.63) is 0 Å². The first-order valence-electron chi connectivity index (χ1n) is 5.50. The van der Waals surface area contributed by atoms with Gasteiger partial charge in [0.2, 0.25) is 0 Å². The number of hydrogen-bond acceptors (Lipinski definition) is 1. The quantitative estimate of drug-likeness (QED) is 0.613. The predicted molar refractivity (Wildman–Crippen MR) is 56.5 cm³/mol. The van der Waals surface area contributed by atoms with Gasteiger partial charge < -0.3 is 5.11 Å². The summed E-state index contributed by atoms with van der Waals surface area (Å²) in [5, 5.41) is 9.83. The van der Waals surface area contributed by atoms with Gasteiger partial charge in [0.1, 0.15) is 0 Å². The molecule has 0 radical (unpaired) electrons. The molecule has 1 aliphatic carbocycles.